The molecule has 25 heavy (non-hydrogen) atoms. The maximum Gasteiger partial charge on any atom is 0.432 e. The molecular weight excluding hydrogens is 333 g/mol. The van der Waals surface area contributed by atoms with Gasteiger partial charge in [-0.25, -0.2) is 0 Å². The second-order valence-electron chi connectivity index (χ2n) is 6.39. The lowest BCUT2D eigenvalue weighted by Crippen LogP contribution is -2.46. The number of fused-ring (bicyclic) bond motifs is 1. The summed E-state index contributed by atoms with van der Waals surface area (Å²) in [6, 6.07) is 8.99. The number of amides is 1. The zero-order valence-corrected chi connectivity index (χ0v) is 14.0. The molecule has 0 saturated heterocycles. The molecule has 2 heterocycles. The number of H-pyrrole nitrogens is 1. The summed E-state index contributed by atoms with van der Waals surface area (Å²) in [7, 11) is 3.56. The lowest BCUT2D eigenvalue weighted by Gasteiger charge is -2.36. The quantitative estimate of drug-likeness (QED) is 0.924. The van der Waals surface area contributed by atoms with Crippen LogP contribution in [0, 0.1) is 0 Å². The number of rotatable bonds is 3. The highest BCUT2D eigenvalue weighted by Crippen LogP contribution is 2.28. The Hall–Kier alpha value is -2.35. The highest BCUT2D eigenvalue weighted by Gasteiger charge is 2.34. The Kier molecular flexibility index (Phi) is 4.55. The standard InChI is InChI=1S/C17H19F3N4O/c1-23-9-12-6-4-3-5-11(12)7-13(23)10-24(2)16(25)14-8-15(22-21-14)17(18,19)20/h3-6,8,13H,7,9-10H2,1-2H3,(H,21,22)/t13-/m1/s1. The fourth-order valence-corrected chi connectivity index (χ4v) is 3.09. The Morgan fingerprint density at radius 1 is 1.36 bits per heavy atom. The van der Waals surface area contributed by atoms with Gasteiger partial charge < -0.3 is 4.90 Å². The van der Waals surface area contributed by atoms with Gasteiger partial charge in [0.2, 0.25) is 0 Å². The van der Waals surface area contributed by atoms with Gasteiger partial charge in [-0.1, -0.05) is 24.3 Å². The van der Waals surface area contributed by atoms with Crippen molar-refractivity contribution in [3.63, 3.8) is 0 Å². The highest BCUT2D eigenvalue weighted by atomic mass is 19.4. The SMILES string of the molecule is CN(C[C@H]1Cc2ccccc2CN1C)C(=O)c1cc(C(F)(F)F)[nH]n1. The van der Waals surface area contributed by atoms with Crippen LogP contribution in [0.25, 0.3) is 0 Å². The molecule has 1 aliphatic rings. The number of hydrogen-bond donors (Lipinski definition) is 1. The van der Waals surface area contributed by atoms with Crippen LogP contribution in [0.15, 0.2) is 30.3 Å². The number of likely N-dealkylation sites (N-methyl/N-ethyl adjacent to an activating group) is 2. The minimum absolute atomic E-state index is 0.102. The smallest absolute Gasteiger partial charge is 0.339 e. The molecule has 0 bridgehead atoms. The zero-order chi connectivity index (χ0) is 18.2. The van der Waals surface area contributed by atoms with Gasteiger partial charge in [0.05, 0.1) is 0 Å². The minimum atomic E-state index is -4.54. The zero-order valence-electron chi connectivity index (χ0n) is 14.0. The number of hydrogen-bond acceptors (Lipinski definition) is 3. The second kappa shape index (κ2) is 6.51. The van der Waals surface area contributed by atoms with Crippen LogP contribution in [0.1, 0.15) is 27.3 Å². The highest BCUT2D eigenvalue weighted by molar-refractivity contribution is 5.92. The number of nitrogens with one attached hydrogen (secondary N) is 1. The number of nitrogens with zero attached hydrogens (tertiary/aromatic N) is 3. The molecule has 0 unspecified atom stereocenters. The van der Waals surface area contributed by atoms with E-state index in [0.717, 1.165) is 19.0 Å². The van der Waals surface area contributed by atoms with Crippen LogP contribution in [-0.2, 0) is 19.1 Å². The molecule has 5 nitrogen and oxygen atoms in total. The van der Waals surface area contributed by atoms with Gasteiger partial charge in [0.25, 0.3) is 5.91 Å². The Balaban J connectivity index is 1.69. The first-order chi connectivity index (χ1) is 11.8. The first-order valence-corrected chi connectivity index (χ1v) is 7.91. The fraction of sp³-hybridized carbons (Fsp3) is 0.412. The van der Waals surface area contributed by atoms with Crippen molar-refractivity contribution in [3.8, 4) is 0 Å². The van der Waals surface area contributed by atoms with E-state index in [9.17, 15) is 18.0 Å². The summed E-state index contributed by atoms with van der Waals surface area (Å²) in [5.74, 6) is -0.529. The van der Waals surface area contributed by atoms with Gasteiger partial charge in [0, 0.05) is 32.2 Å². The summed E-state index contributed by atoms with van der Waals surface area (Å²) in [6.07, 6.45) is -3.75. The number of carbonyl (C=O) groups is 1. The van der Waals surface area contributed by atoms with Crippen molar-refractivity contribution in [2.24, 2.45) is 0 Å². The number of benzene rings is 1. The summed E-state index contributed by atoms with van der Waals surface area (Å²) >= 11 is 0. The van der Waals surface area contributed by atoms with E-state index >= 15 is 0 Å². The first kappa shape index (κ1) is 17.5. The normalized spacial score (nSPS) is 18.0. The molecule has 3 rings (SSSR count). The van der Waals surface area contributed by atoms with Crippen LogP contribution in [0.5, 0.6) is 0 Å². The molecule has 8 heteroatoms. The van der Waals surface area contributed by atoms with Gasteiger partial charge in [-0.2, -0.15) is 18.3 Å². The fourth-order valence-electron chi connectivity index (χ4n) is 3.09. The van der Waals surface area contributed by atoms with E-state index in [4.69, 9.17) is 0 Å². The minimum Gasteiger partial charge on any atom is -0.339 e. The lowest BCUT2D eigenvalue weighted by atomic mass is 9.94. The number of aromatic nitrogens is 2. The van der Waals surface area contributed by atoms with Crippen LogP contribution >= 0.6 is 0 Å². The number of aromatic amines is 1. The Labute approximate surface area is 143 Å². The molecule has 1 aromatic heterocycles. The predicted molar refractivity (Wildman–Crippen MR) is 86.0 cm³/mol. The molecular formula is C17H19F3N4O. The number of carbonyl (C=O) groups excluding carboxylic acids is 1. The summed E-state index contributed by atoms with van der Waals surface area (Å²) in [5, 5.41) is 5.38. The molecule has 1 amide bonds. The molecule has 2 aromatic rings. The average molecular weight is 352 g/mol. The van der Waals surface area contributed by atoms with E-state index in [2.05, 4.69) is 22.1 Å². The van der Waals surface area contributed by atoms with E-state index in [1.807, 2.05) is 24.3 Å². The molecule has 0 radical (unpaired) electrons. The van der Waals surface area contributed by atoms with E-state index in [1.54, 1.807) is 7.05 Å². The van der Waals surface area contributed by atoms with Crippen molar-refractivity contribution in [1.82, 2.24) is 20.0 Å². The maximum absolute atomic E-state index is 12.6. The third kappa shape index (κ3) is 3.68. The van der Waals surface area contributed by atoms with Crippen LogP contribution in [0.2, 0.25) is 0 Å². The monoisotopic (exact) mass is 352 g/mol. The summed E-state index contributed by atoms with van der Waals surface area (Å²) < 4.78 is 37.9. The number of alkyl halides is 3. The van der Waals surface area contributed by atoms with Gasteiger partial charge in [-0.05, 0) is 24.6 Å². The Bertz CT molecular complexity index is 771. The Morgan fingerprint density at radius 3 is 2.68 bits per heavy atom. The van der Waals surface area contributed by atoms with E-state index < -0.39 is 17.8 Å². The molecule has 0 saturated carbocycles. The molecule has 0 spiro atoms. The maximum atomic E-state index is 12.6. The first-order valence-electron chi connectivity index (χ1n) is 7.91. The summed E-state index contributed by atoms with van der Waals surface area (Å²) in [6.45, 7) is 1.20. The predicted octanol–water partition coefficient (Wildman–Crippen LogP) is 2.56. The van der Waals surface area contributed by atoms with Gasteiger partial charge in [0.15, 0.2) is 5.69 Å². The van der Waals surface area contributed by atoms with Crippen molar-refractivity contribution in [1.29, 1.82) is 0 Å². The van der Waals surface area contributed by atoms with E-state index in [0.29, 0.717) is 6.54 Å². The lowest BCUT2D eigenvalue weighted by molar-refractivity contribution is -0.141. The third-order valence-electron chi connectivity index (χ3n) is 4.55. The average Bonchev–Trinajstić information content (AvgIpc) is 3.05. The summed E-state index contributed by atoms with van der Waals surface area (Å²) in [4.78, 5) is 15.9. The summed E-state index contributed by atoms with van der Waals surface area (Å²) in [5.41, 5.74) is 1.25. The molecule has 1 atom stereocenters. The molecule has 1 aliphatic heterocycles. The second-order valence-corrected chi connectivity index (χ2v) is 6.39. The molecule has 0 aliphatic carbocycles. The van der Waals surface area contributed by atoms with Crippen molar-refractivity contribution in [2.75, 3.05) is 20.6 Å². The molecule has 0 fully saturated rings. The molecule has 1 N–H and O–H groups in total. The van der Waals surface area contributed by atoms with Crippen molar-refractivity contribution >= 4 is 5.91 Å². The molecule has 134 valence electrons. The van der Waals surface area contributed by atoms with Gasteiger partial charge in [-0.15, -0.1) is 0 Å². The van der Waals surface area contributed by atoms with Crippen molar-refractivity contribution < 1.29 is 18.0 Å². The van der Waals surface area contributed by atoms with Crippen LogP contribution in [0.3, 0.4) is 0 Å². The number of halogens is 3. The van der Waals surface area contributed by atoms with Crippen molar-refractivity contribution in [2.45, 2.75) is 25.2 Å². The largest absolute Gasteiger partial charge is 0.432 e. The van der Waals surface area contributed by atoms with Crippen LogP contribution in [-0.4, -0.2) is 52.6 Å². The van der Waals surface area contributed by atoms with Crippen LogP contribution < -0.4 is 0 Å². The third-order valence-corrected chi connectivity index (χ3v) is 4.55. The van der Waals surface area contributed by atoms with Crippen LogP contribution in [0.4, 0.5) is 13.2 Å². The topological polar surface area (TPSA) is 52.2 Å². The Morgan fingerprint density at radius 2 is 2.04 bits per heavy atom. The van der Waals surface area contributed by atoms with Gasteiger partial charge in [0.1, 0.15) is 5.69 Å². The van der Waals surface area contributed by atoms with E-state index in [1.165, 1.54) is 16.0 Å². The molecule has 1 aromatic carbocycles. The van der Waals surface area contributed by atoms with Gasteiger partial charge in [-0.3, -0.25) is 14.8 Å². The van der Waals surface area contributed by atoms with E-state index in [-0.39, 0.29) is 11.7 Å². The van der Waals surface area contributed by atoms with Gasteiger partial charge >= 0.3 is 6.18 Å². The van der Waals surface area contributed by atoms with Crippen molar-refractivity contribution in [3.05, 3.63) is 52.8 Å².